The Kier molecular flexibility index (Phi) is 4.05. The van der Waals surface area contributed by atoms with E-state index in [4.69, 9.17) is 9.47 Å². The maximum absolute atomic E-state index is 12.5. The molecule has 1 aromatic carbocycles. The van der Waals surface area contributed by atoms with E-state index in [0.717, 1.165) is 10.4 Å². The maximum Gasteiger partial charge on any atom is 0.313 e. The van der Waals surface area contributed by atoms with Crippen molar-refractivity contribution in [2.75, 3.05) is 0 Å². The molecule has 1 aliphatic heterocycles. The molecule has 0 saturated heterocycles. The topological polar surface area (TPSA) is 52.6 Å². The van der Waals surface area contributed by atoms with Crippen molar-refractivity contribution in [3.8, 4) is 11.5 Å². The number of carbonyl (C=O) groups is 2. The van der Waals surface area contributed by atoms with Crippen LogP contribution in [0, 0.1) is 12.8 Å². The molecule has 23 heavy (non-hydrogen) atoms. The Bertz CT molecular complexity index is 801. The van der Waals surface area contributed by atoms with Crippen molar-refractivity contribution in [2.24, 2.45) is 5.92 Å². The van der Waals surface area contributed by atoms with Crippen molar-refractivity contribution in [1.29, 1.82) is 0 Å². The molecule has 0 radical (unpaired) electrons. The predicted octanol–water partition coefficient (Wildman–Crippen LogP) is 4.23. The number of hydrogen-bond acceptors (Lipinski definition) is 5. The van der Waals surface area contributed by atoms with Crippen molar-refractivity contribution < 1.29 is 19.1 Å². The first-order valence-corrected chi connectivity index (χ1v) is 8.17. The van der Waals surface area contributed by atoms with Crippen LogP contribution in [0.1, 0.15) is 34.6 Å². The fraction of sp³-hybridized carbons (Fsp3) is 0.222. The summed E-state index contributed by atoms with van der Waals surface area (Å²) in [5.74, 6) is 0.434. The van der Waals surface area contributed by atoms with Crippen molar-refractivity contribution in [1.82, 2.24) is 0 Å². The lowest BCUT2D eigenvalue weighted by molar-refractivity contribution is -0.137. The van der Waals surface area contributed by atoms with Gasteiger partial charge in [-0.15, -0.1) is 11.3 Å². The number of Topliss-reactive ketones (excluding diaryl/α,β-unsaturated/α-hetero) is 1. The number of carbonyl (C=O) groups excluding carboxylic acids is 2. The van der Waals surface area contributed by atoms with Gasteiger partial charge >= 0.3 is 5.97 Å². The average Bonchev–Trinajstić information content (AvgIpc) is 3.08. The number of benzene rings is 1. The van der Waals surface area contributed by atoms with Crippen LogP contribution in [0.4, 0.5) is 0 Å². The van der Waals surface area contributed by atoms with Crippen LogP contribution in [0.25, 0.3) is 6.08 Å². The number of allylic oxidation sites excluding steroid dienone is 1. The molecule has 5 heteroatoms. The van der Waals surface area contributed by atoms with E-state index in [1.54, 1.807) is 39.0 Å². The molecule has 4 nitrogen and oxygen atoms in total. The van der Waals surface area contributed by atoms with Gasteiger partial charge in [-0.3, -0.25) is 9.59 Å². The summed E-state index contributed by atoms with van der Waals surface area (Å²) in [6, 6.07) is 7.11. The second-order valence-corrected chi connectivity index (χ2v) is 6.62. The van der Waals surface area contributed by atoms with E-state index in [0.29, 0.717) is 17.1 Å². The van der Waals surface area contributed by atoms with Gasteiger partial charge in [0.05, 0.1) is 11.5 Å². The van der Waals surface area contributed by atoms with E-state index in [1.165, 1.54) is 11.3 Å². The third kappa shape index (κ3) is 3.05. The molecule has 0 amide bonds. The quantitative estimate of drug-likeness (QED) is 0.480. The minimum absolute atomic E-state index is 0.146. The summed E-state index contributed by atoms with van der Waals surface area (Å²) in [6.07, 6.45) is 1.73. The Morgan fingerprint density at radius 2 is 2.13 bits per heavy atom. The Morgan fingerprint density at radius 3 is 2.78 bits per heavy atom. The fourth-order valence-corrected chi connectivity index (χ4v) is 2.92. The van der Waals surface area contributed by atoms with Crippen LogP contribution in [0.15, 0.2) is 35.4 Å². The van der Waals surface area contributed by atoms with Gasteiger partial charge in [-0.2, -0.15) is 0 Å². The highest BCUT2D eigenvalue weighted by Crippen LogP contribution is 2.37. The molecule has 0 aliphatic carbocycles. The zero-order chi connectivity index (χ0) is 16.6. The van der Waals surface area contributed by atoms with E-state index in [9.17, 15) is 9.59 Å². The molecule has 3 rings (SSSR count). The molecular formula is C18H16O4S. The highest BCUT2D eigenvalue weighted by Gasteiger charge is 2.30. The lowest BCUT2D eigenvalue weighted by Crippen LogP contribution is -2.14. The Hall–Kier alpha value is -2.40. The standard InChI is InChI=1S/C18H16O4S/c1-10(2)18(20)21-12-7-11(3)16-14(8-12)22-15(17(16)19)9-13-5-4-6-23-13/h4-10H,1-3H3/b15-9-. The van der Waals surface area contributed by atoms with Crippen LogP contribution in [0.3, 0.4) is 0 Å². The molecule has 1 aliphatic rings. The van der Waals surface area contributed by atoms with Gasteiger partial charge in [-0.1, -0.05) is 19.9 Å². The first-order chi connectivity index (χ1) is 11.0. The van der Waals surface area contributed by atoms with Crippen LogP contribution in [0.2, 0.25) is 0 Å². The lowest BCUT2D eigenvalue weighted by Gasteiger charge is -2.09. The van der Waals surface area contributed by atoms with E-state index in [2.05, 4.69) is 0 Å². The smallest absolute Gasteiger partial charge is 0.313 e. The van der Waals surface area contributed by atoms with Crippen LogP contribution in [-0.4, -0.2) is 11.8 Å². The number of thiophene rings is 1. The minimum Gasteiger partial charge on any atom is -0.452 e. The Balaban J connectivity index is 1.93. The first-order valence-electron chi connectivity index (χ1n) is 7.30. The Morgan fingerprint density at radius 1 is 1.35 bits per heavy atom. The molecule has 0 atom stereocenters. The van der Waals surface area contributed by atoms with E-state index in [1.807, 2.05) is 17.5 Å². The van der Waals surface area contributed by atoms with Gasteiger partial charge in [0.2, 0.25) is 5.78 Å². The van der Waals surface area contributed by atoms with Gasteiger partial charge in [0, 0.05) is 17.0 Å². The third-order valence-corrected chi connectivity index (χ3v) is 4.27. The van der Waals surface area contributed by atoms with Crippen molar-refractivity contribution in [2.45, 2.75) is 20.8 Å². The summed E-state index contributed by atoms with van der Waals surface area (Å²) in [4.78, 5) is 25.2. The highest BCUT2D eigenvalue weighted by atomic mass is 32.1. The third-order valence-electron chi connectivity index (χ3n) is 3.45. The second-order valence-electron chi connectivity index (χ2n) is 5.64. The van der Waals surface area contributed by atoms with E-state index >= 15 is 0 Å². The van der Waals surface area contributed by atoms with Gasteiger partial charge in [-0.25, -0.2) is 0 Å². The van der Waals surface area contributed by atoms with Crippen molar-refractivity contribution in [3.05, 3.63) is 51.4 Å². The van der Waals surface area contributed by atoms with E-state index in [-0.39, 0.29) is 23.4 Å². The Labute approximate surface area is 138 Å². The number of aryl methyl sites for hydroxylation is 1. The van der Waals surface area contributed by atoms with Crippen LogP contribution < -0.4 is 9.47 Å². The van der Waals surface area contributed by atoms with Crippen molar-refractivity contribution in [3.63, 3.8) is 0 Å². The molecule has 2 heterocycles. The number of ether oxygens (including phenoxy) is 2. The molecule has 0 saturated carbocycles. The molecule has 1 aromatic heterocycles. The summed E-state index contributed by atoms with van der Waals surface area (Å²) in [5.41, 5.74) is 1.26. The number of hydrogen-bond donors (Lipinski definition) is 0. The summed E-state index contributed by atoms with van der Waals surface area (Å²) < 4.78 is 11.0. The number of ketones is 1. The van der Waals surface area contributed by atoms with Crippen molar-refractivity contribution >= 4 is 29.2 Å². The molecular weight excluding hydrogens is 312 g/mol. The largest absolute Gasteiger partial charge is 0.452 e. The molecule has 118 valence electrons. The van der Waals surface area contributed by atoms with Crippen LogP contribution >= 0.6 is 11.3 Å². The lowest BCUT2D eigenvalue weighted by atomic mass is 10.0. The number of rotatable bonds is 3. The highest BCUT2D eigenvalue weighted by molar-refractivity contribution is 7.10. The van der Waals surface area contributed by atoms with Gasteiger partial charge in [0.15, 0.2) is 5.76 Å². The maximum atomic E-state index is 12.5. The van der Waals surface area contributed by atoms with Crippen LogP contribution in [0.5, 0.6) is 11.5 Å². The first kappa shape index (κ1) is 15.5. The van der Waals surface area contributed by atoms with Gasteiger partial charge in [-0.05, 0) is 30.0 Å². The molecule has 0 N–H and O–H groups in total. The van der Waals surface area contributed by atoms with Gasteiger partial charge < -0.3 is 9.47 Å². The minimum atomic E-state index is -0.317. The summed E-state index contributed by atoms with van der Waals surface area (Å²) >= 11 is 1.53. The van der Waals surface area contributed by atoms with Crippen LogP contribution in [-0.2, 0) is 4.79 Å². The zero-order valence-electron chi connectivity index (χ0n) is 13.1. The van der Waals surface area contributed by atoms with Gasteiger partial charge in [0.25, 0.3) is 0 Å². The van der Waals surface area contributed by atoms with E-state index < -0.39 is 0 Å². The average molecular weight is 328 g/mol. The zero-order valence-corrected chi connectivity index (χ0v) is 13.9. The second kappa shape index (κ2) is 6.01. The summed E-state index contributed by atoms with van der Waals surface area (Å²) in [7, 11) is 0. The molecule has 2 aromatic rings. The van der Waals surface area contributed by atoms with Gasteiger partial charge in [0.1, 0.15) is 11.5 Å². The molecule has 0 unspecified atom stereocenters. The monoisotopic (exact) mass is 328 g/mol. The summed E-state index contributed by atoms with van der Waals surface area (Å²) in [6.45, 7) is 5.34. The number of esters is 1. The number of fused-ring (bicyclic) bond motifs is 1. The summed E-state index contributed by atoms with van der Waals surface area (Å²) in [5, 5.41) is 1.94. The normalized spacial score (nSPS) is 15.0. The molecule has 0 fully saturated rings. The fourth-order valence-electron chi connectivity index (χ4n) is 2.27. The SMILES string of the molecule is Cc1cc(OC(=O)C(C)C)cc2c1C(=O)/C(=C/c1cccs1)O2. The predicted molar refractivity (Wildman–Crippen MR) is 88.9 cm³/mol. The molecule has 0 spiro atoms. The molecule has 0 bridgehead atoms.